The molecule has 0 spiro atoms. The van der Waals surface area contributed by atoms with E-state index >= 15 is 0 Å². The van der Waals surface area contributed by atoms with Crippen LogP contribution in [0.3, 0.4) is 0 Å². The van der Waals surface area contributed by atoms with Gasteiger partial charge in [-0.2, -0.15) is 0 Å². The van der Waals surface area contributed by atoms with Gasteiger partial charge in [0.1, 0.15) is 5.69 Å². The molecule has 2 rings (SSSR count). The van der Waals surface area contributed by atoms with Gasteiger partial charge in [-0.3, -0.25) is 4.79 Å². The van der Waals surface area contributed by atoms with E-state index in [-0.39, 0.29) is 5.91 Å². The summed E-state index contributed by atoms with van der Waals surface area (Å²) in [4.78, 5) is 23.8. The number of nitrogens with zero attached hydrogens (tertiary/aromatic N) is 3. The lowest BCUT2D eigenvalue weighted by atomic mass is 10.0. The molecule has 0 unspecified atom stereocenters. The molecule has 2 aromatic rings. The lowest BCUT2D eigenvalue weighted by molar-refractivity contribution is 0.102. The number of nitrogens with one attached hydrogen (secondary N) is 2. The number of carbonyl (C=O) groups is 1. The van der Waals surface area contributed by atoms with Crippen molar-refractivity contribution < 1.29 is 4.79 Å². The minimum Gasteiger partial charge on any atom is -0.354 e. The first kappa shape index (κ1) is 20.8. The van der Waals surface area contributed by atoms with Gasteiger partial charge in [-0.05, 0) is 64.0 Å². The second-order valence-corrected chi connectivity index (χ2v) is 6.91. The van der Waals surface area contributed by atoms with Crippen LogP contribution in [0.4, 0.5) is 11.6 Å². The van der Waals surface area contributed by atoms with Crippen LogP contribution >= 0.6 is 0 Å². The molecule has 0 saturated carbocycles. The van der Waals surface area contributed by atoms with Crippen LogP contribution in [-0.2, 0) is 12.8 Å². The van der Waals surface area contributed by atoms with Gasteiger partial charge < -0.3 is 15.5 Å². The molecule has 0 aliphatic heterocycles. The van der Waals surface area contributed by atoms with E-state index in [0.717, 1.165) is 54.9 Å². The molecule has 146 valence electrons. The third-order valence-electron chi connectivity index (χ3n) is 4.39. The Balaban J connectivity index is 2.15. The van der Waals surface area contributed by atoms with Crippen molar-refractivity contribution in [1.29, 1.82) is 0 Å². The number of carbonyl (C=O) groups excluding carboxylic acids is 1. The summed E-state index contributed by atoms with van der Waals surface area (Å²) < 4.78 is 0. The molecular formula is C21H31N5O. The normalized spacial score (nSPS) is 10.9. The zero-order valence-corrected chi connectivity index (χ0v) is 17.1. The molecule has 6 heteroatoms. The molecule has 0 saturated heterocycles. The predicted molar refractivity (Wildman–Crippen MR) is 112 cm³/mol. The van der Waals surface area contributed by atoms with Gasteiger partial charge in [-0.25, -0.2) is 9.97 Å². The van der Waals surface area contributed by atoms with Gasteiger partial charge in [0.2, 0.25) is 5.95 Å². The summed E-state index contributed by atoms with van der Waals surface area (Å²) in [6.45, 7) is 7.81. The number of rotatable bonds is 9. The lowest BCUT2D eigenvalue weighted by Gasteiger charge is -2.15. The first-order chi connectivity index (χ1) is 12.9. The van der Waals surface area contributed by atoms with Crippen LogP contribution in [0.5, 0.6) is 0 Å². The fourth-order valence-electron chi connectivity index (χ4n) is 2.94. The molecule has 2 N–H and O–H groups in total. The van der Waals surface area contributed by atoms with Crippen LogP contribution in [0.2, 0.25) is 0 Å². The number of hydrogen-bond acceptors (Lipinski definition) is 5. The molecule has 0 atom stereocenters. The van der Waals surface area contributed by atoms with Crippen LogP contribution in [0.1, 0.15) is 47.6 Å². The van der Waals surface area contributed by atoms with E-state index < -0.39 is 0 Å². The molecule has 1 amide bonds. The van der Waals surface area contributed by atoms with Gasteiger partial charge in [0.05, 0.1) is 0 Å². The zero-order chi connectivity index (χ0) is 19.8. The summed E-state index contributed by atoms with van der Waals surface area (Å²) >= 11 is 0. The number of benzene rings is 1. The maximum atomic E-state index is 12.8. The first-order valence-electron chi connectivity index (χ1n) is 9.61. The quantitative estimate of drug-likeness (QED) is 0.662. The number of anilines is 2. The SMILES string of the molecule is CCc1cccc(CC)c1NC(=O)c1cc(C)nc(NCCCN(C)C)n1. The first-order valence-corrected chi connectivity index (χ1v) is 9.61. The summed E-state index contributed by atoms with van der Waals surface area (Å²) in [6.07, 6.45) is 2.71. The number of para-hydroxylation sites is 1. The number of aromatic nitrogens is 2. The molecule has 6 nitrogen and oxygen atoms in total. The molecule has 0 aliphatic carbocycles. The largest absolute Gasteiger partial charge is 0.354 e. The van der Waals surface area contributed by atoms with Gasteiger partial charge >= 0.3 is 0 Å². The van der Waals surface area contributed by atoms with Gasteiger partial charge in [-0.1, -0.05) is 32.0 Å². The van der Waals surface area contributed by atoms with Crippen molar-refractivity contribution in [2.75, 3.05) is 37.8 Å². The van der Waals surface area contributed by atoms with Crippen molar-refractivity contribution in [2.24, 2.45) is 0 Å². The third-order valence-corrected chi connectivity index (χ3v) is 4.39. The third kappa shape index (κ3) is 6.03. The van der Waals surface area contributed by atoms with Gasteiger partial charge in [0.25, 0.3) is 5.91 Å². The Morgan fingerprint density at radius 3 is 2.37 bits per heavy atom. The monoisotopic (exact) mass is 369 g/mol. The van der Waals surface area contributed by atoms with Crippen molar-refractivity contribution in [1.82, 2.24) is 14.9 Å². The summed E-state index contributed by atoms with van der Waals surface area (Å²) in [5, 5.41) is 6.29. The van der Waals surface area contributed by atoms with E-state index in [1.54, 1.807) is 6.07 Å². The molecule has 0 aliphatic rings. The molecule has 0 radical (unpaired) electrons. The van der Waals surface area contributed by atoms with E-state index in [0.29, 0.717) is 11.6 Å². The van der Waals surface area contributed by atoms with Gasteiger partial charge in [0.15, 0.2) is 0 Å². The Bertz CT molecular complexity index is 751. The zero-order valence-electron chi connectivity index (χ0n) is 17.1. The Morgan fingerprint density at radius 2 is 1.78 bits per heavy atom. The van der Waals surface area contributed by atoms with E-state index in [9.17, 15) is 4.79 Å². The smallest absolute Gasteiger partial charge is 0.274 e. The van der Waals surface area contributed by atoms with Crippen molar-refractivity contribution in [3.05, 3.63) is 46.8 Å². The lowest BCUT2D eigenvalue weighted by Crippen LogP contribution is -2.19. The summed E-state index contributed by atoms with van der Waals surface area (Å²) in [6, 6.07) is 7.87. The van der Waals surface area contributed by atoms with E-state index in [2.05, 4.69) is 51.5 Å². The average Bonchev–Trinajstić information content (AvgIpc) is 2.64. The number of amides is 1. The van der Waals surface area contributed by atoms with Crippen LogP contribution in [0.25, 0.3) is 0 Å². The second-order valence-electron chi connectivity index (χ2n) is 6.91. The summed E-state index contributed by atoms with van der Waals surface area (Å²) in [5.41, 5.74) is 4.32. The van der Waals surface area contributed by atoms with E-state index in [1.165, 1.54) is 0 Å². The topological polar surface area (TPSA) is 70.2 Å². The number of aryl methyl sites for hydroxylation is 3. The number of hydrogen-bond donors (Lipinski definition) is 2. The van der Waals surface area contributed by atoms with Crippen molar-refractivity contribution >= 4 is 17.5 Å². The molecule has 1 heterocycles. The van der Waals surface area contributed by atoms with Crippen LogP contribution < -0.4 is 10.6 Å². The highest BCUT2D eigenvalue weighted by Crippen LogP contribution is 2.23. The molecule has 0 fully saturated rings. The molecule has 27 heavy (non-hydrogen) atoms. The molecule has 0 bridgehead atoms. The molecule has 1 aromatic carbocycles. The second kappa shape index (κ2) is 10.0. The van der Waals surface area contributed by atoms with Crippen LogP contribution in [0, 0.1) is 6.92 Å². The van der Waals surface area contributed by atoms with Gasteiger partial charge in [-0.15, -0.1) is 0 Å². The van der Waals surface area contributed by atoms with Crippen molar-refractivity contribution in [3.63, 3.8) is 0 Å². The van der Waals surface area contributed by atoms with E-state index in [4.69, 9.17) is 0 Å². The van der Waals surface area contributed by atoms with E-state index in [1.807, 2.05) is 27.1 Å². The maximum Gasteiger partial charge on any atom is 0.274 e. The van der Waals surface area contributed by atoms with Crippen LogP contribution in [0.15, 0.2) is 24.3 Å². The highest BCUT2D eigenvalue weighted by Gasteiger charge is 2.14. The van der Waals surface area contributed by atoms with Crippen LogP contribution in [-0.4, -0.2) is 48.0 Å². The van der Waals surface area contributed by atoms with Crippen molar-refractivity contribution in [3.8, 4) is 0 Å². The Labute approximate surface area is 162 Å². The summed E-state index contributed by atoms with van der Waals surface area (Å²) in [5.74, 6) is 0.297. The Morgan fingerprint density at radius 1 is 1.11 bits per heavy atom. The van der Waals surface area contributed by atoms with Gasteiger partial charge in [0, 0.05) is 17.9 Å². The van der Waals surface area contributed by atoms with Crippen molar-refractivity contribution in [2.45, 2.75) is 40.0 Å². The minimum absolute atomic E-state index is 0.201. The highest BCUT2D eigenvalue weighted by atomic mass is 16.1. The fraction of sp³-hybridized carbons (Fsp3) is 0.476. The minimum atomic E-state index is -0.201. The Hall–Kier alpha value is -2.47. The fourth-order valence-corrected chi connectivity index (χ4v) is 2.94. The average molecular weight is 370 g/mol. The highest BCUT2D eigenvalue weighted by molar-refractivity contribution is 6.04. The predicted octanol–water partition coefficient (Wildman–Crippen LogP) is 3.53. The Kier molecular flexibility index (Phi) is 7.73. The molecule has 1 aromatic heterocycles. The molecular weight excluding hydrogens is 338 g/mol. The maximum absolute atomic E-state index is 12.8. The summed E-state index contributed by atoms with van der Waals surface area (Å²) in [7, 11) is 4.09. The standard InChI is InChI=1S/C21H31N5O/c1-6-16-10-8-11-17(7-2)19(16)25-20(27)18-14-15(3)23-21(24-18)22-12-9-13-26(4)5/h8,10-11,14H,6-7,9,12-13H2,1-5H3,(H,25,27)(H,22,23,24).